The second kappa shape index (κ2) is 5.26. The molecule has 1 aromatic carbocycles. The van der Waals surface area contributed by atoms with Gasteiger partial charge in [-0.15, -0.1) is 0 Å². The molecule has 0 aliphatic carbocycles. The van der Waals surface area contributed by atoms with Crippen LogP contribution in [0.5, 0.6) is 0 Å². The van der Waals surface area contributed by atoms with Crippen molar-refractivity contribution in [2.24, 2.45) is 5.73 Å². The Morgan fingerprint density at radius 1 is 1.30 bits per heavy atom. The van der Waals surface area contributed by atoms with E-state index in [1.54, 1.807) is 6.20 Å². The van der Waals surface area contributed by atoms with Crippen LogP contribution < -0.4 is 5.73 Å². The van der Waals surface area contributed by atoms with Crippen LogP contribution in [0.3, 0.4) is 0 Å². The Kier molecular flexibility index (Phi) is 3.46. The quantitative estimate of drug-likeness (QED) is 0.773. The fourth-order valence-corrected chi connectivity index (χ4v) is 3.05. The molecule has 0 aliphatic heterocycles. The van der Waals surface area contributed by atoms with Crippen LogP contribution in [0.2, 0.25) is 0 Å². The number of fused-ring (bicyclic) bond motifs is 1. The SMILES string of the molecule is Cc1ccc2nc(Sc3ncccc3C(C)N)[nH]c2c1. The van der Waals surface area contributed by atoms with Gasteiger partial charge in [0.05, 0.1) is 11.0 Å². The van der Waals surface area contributed by atoms with Crippen molar-refractivity contribution in [1.82, 2.24) is 15.0 Å². The van der Waals surface area contributed by atoms with Crippen molar-refractivity contribution >= 4 is 22.8 Å². The number of aromatic amines is 1. The number of aryl methyl sites for hydroxylation is 1. The molecule has 2 aromatic heterocycles. The van der Waals surface area contributed by atoms with E-state index in [9.17, 15) is 0 Å². The first-order valence-electron chi connectivity index (χ1n) is 6.48. The van der Waals surface area contributed by atoms with E-state index in [2.05, 4.69) is 34.0 Å². The summed E-state index contributed by atoms with van der Waals surface area (Å²) in [5, 5.41) is 1.74. The van der Waals surface area contributed by atoms with Crippen LogP contribution in [0.15, 0.2) is 46.7 Å². The number of nitrogens with one attached hydrogen (secondary N) is 1. The zero-order chi connectivity index (χ0) is 14.1. The first-order chi connectivity index (χ1) is 9.63. The molecule has 0 saturated carbocycles. The van der Waals surface area contributed by atoms with Gasteiger partial charge in [-0.3, -0.25) is 0 Å². The van der Waals surface area contributed by atoms with Gasteiger partial charge in [0.2, 0.25) is 0 Å². The lowest BCUT2D eigenvalue weighted by Gasteiger charge is -2.09. The lowest BCUT2D eigenvalue weighted by molar-refractivity contribution is 0.779. The highest BCUT2D eigenvalue weighted by molar-refractivity contribution is 7.99. The Morgan fingerprint density at radius 2 is 2.15 bits per heavy atom. The molecule has 3 aromatic rings. The summed E-state index contributed by atoms with van der Waals surface area (Å²) in [6.45, 7) is 4.03. The second-order valence-corrected chi connectivity index (χ2v) is 5.83. The molecular weight excluding hydrogens is 268 g/mol. The summed E-state index contributed by atoms with van der Waals surface area (Å²) in [6, 6.07) is 10.1. The summed E-state index contributed by atoms with van der Waals surface area (Å²) in [6.07, 6.45) is 1.78. The monoisotopic (exact) mass is 284 g/mol. The van der Waals surface area contributed by atoms with Crippen LogP contribution in [0.4, 0.5) is 0 Å². The molecule has 0 radical (unpaired) electrons. The predicted octanol–water partition coefficient (Wildman–Crippen LogP) is 3.44. The molecule has 2 heterocycles. The summed E-state index contributed by atoms with van der Waals surface area (Å²) in [4.78, 5) is 12.3. The van der Waals surface area contributed by atoms with Crippen molar-refractivity contribution in [2.45, 2.75) is 30.1 Å². The number of rotatable bonds is 3. The summed E-state index contributed by atoms with van der Waals surface area (Å²) >= 11 is 1.52. The molecule has 20 heavy (non-hydrogen) atoms. The highest BCUT2D eigenvalue weighted by Crippen LogP contribution is 2.30. The minimum Gasteiger partial charge on any atom is -0.333 e. The van der Waals surface area contributed by atoms with E-state index < -0.39 is 0 Å². The molecule has 102 valence electrons. The van der Waals surface area contributed by atoms with Crippen LogP contribution in [-0.4, -0.2) is 15.0 Å². The second-order valence-electron chi connectivity index (χ2n) is 4.85. The van der Waals surface area contributed by atoms with Crippen LogP contribution in [-0.2, 0) is 0 Å². The van der Waals surface area contributed by atoms with E-state index in [0.717, 1.165) is 26.8 Å². The number of hydrogen-bond donors (Lipinski definition) is 2. The summed E-state index contributed by atoms with van der Waals surface area (Å²) in [7, 11) is 0. The smallest absolute Gasteiger partial charge is 0.172 e. The Labute approximate surface area is 121 Å². The number of nitrogens with two attached hydrogens (primary N) is 1. The normalized spacial score (nSPS) is 12.8. The first-order valence-corrected chi connectivity index (χ1v) is 7.30. The van der Waals surface area contributed by atoms with E-state index in [1.807, 2.05) is 25.1 Å². The van der Waals surface area contributed by atoms with Crippen LogP contribution in [0.1, 0.15) is 24.1 Å². The van der Waals surface area contributed by atoms with E-state index in [-0.39, 0.29) is 6.04 Å². The lowest BCUT2D eigenvalue weighted by Crippen LogP contribution is -2.07. The van der Waals surface area contributed by atoms with Crippen molar-refractivity contribution in [1.29, 1.82) is 0 Å². The minimum atomic E-state index is -0.0437. The van der Waals surface area contributed by atoms with E-state index in [4.69, 9.17) is 5.73 Å². The van der Waals surface area contributed by atoms with Crippen molar-refractivity contribution in [3.05, 3.63) is 47.7 Å². The topological polar surface area (TPSA) is 67.6 Å². The molecular formula is C15H16N4S. The van der Waals surface area contributed by atoms with Crippen molar-refractivity contribution < 1.29 is 0 Å². The minimum absolute atomic E-state index is 0.0437. The van der Waals surface area contributed by atoms with Crippen molar-refractivity contribution in [2.75, 3.05) is 0 Å². The number of benzene rings is 1. The highest BCUT2D eigenvalue weighted by Gasteiger charge is 2.11. The lowest BCUT2D eigenvalue weighted by atomic mass is 10.2. The van der Waals surface area contributed by atoms with E-state index >= 15 is 0 Å². The summed E-state index contributed by atoms with van der Waals surface area (Å²) in [5.74, 6) is 0. The maximum atomic E-state index is 5.98. The molecule has 3 N–H and O–H groups in total. The molecule has 3 rings (SSSR count). The summed E-state index contributed by atoms with van der Waals surface area (Å²) in [5.41, 5.74) is 10.2. The van der Waals surface area contributed by atoms with Gasteiger partial charge in [0.15, 0.2) is 5.16 Å². The largest absolute Gasteiger partial charge is 0.333 e. The maximum Gasteiger partial charge on any atom is 0.172 e. The molecule has 0 aliphatic rings. The standard InChI is InChI=1S/C15H16N4S/c1-9-5-6-12-13(8-9)19-15(18-12)20-14-11(10(2)16)4-3-7-17-14/h3-8,10H,16H2,1-2H3,(H,18,19). The van der Waals surface area contributed by atoms with Crippen LogP contribution in [0.25, 0.3) is 11.0 Å². The van der Waals surface area contributed by atoms with E-state index in [0.29, 0.717) is 0 Å². The molecule has 1 atom stereocenters. The number of imidazole rings is 1. The van der Waals surface area contributed by atoms with Crippen LogP contribution >= 0.6 is 11.8 Å². The average Bonchev–Trinajstić information content (AvgIpc) is 2.80. The van der Waals surface area contributed by atoms with Gasteiger partial charge in [0, 0.05) is 17.8 Å². The third-order valence-electron chi connectivity index (χ3n) is 3.10. The third kappa shape index (κ3) is 2.55. The maximum absolute atomic E-state index is 5.98. The van der Waals surface area contributed by atoms with Gasteiger partial charge in [-0.05, 0) is 49.4 Å². The Morgan fingerprint density at radius 3 is 2.95 bits per heavy atom. The van der Waals surface area contributed by atoms with E-state index in [1.165, 1.54) is 17.3 Å². The number of aromatic nitrogens is 3. The number of H-pyrrole nitrogens is 1. The molecule has 0 amide bonds. The molecule has 5 heteroatoms. The van der Waals surface area contributed by atoms with Gasteiger partial charge < -0.3 is 10.7 Å². The Hall–Kier alpha value is -1.85. The fourth-order valence-electron chi connectivity index (χ4n) is 2.08. The zero-order valence-corrected chi connectivity index (χ0v) is 12.2. The zero-order valence-electron chi connectivity index (χ0n) is 11.4. The number of pyridine rings is 1. The molecule has 0 spiro atoms. The fraction of sp³-hybridized carbons (Fsp3) is 0.200. The van der Waals surface area contributed by atoms with Crippen molar-refractivity contribution in [3.8, 4) is 0 Å². The Bertz CT molecular complexity index is 748. The predicted molar refractivity (Wildman–Crippen MR) is 81.8 cm³/mol. The van der Waals surface area contributed by atoms with Gasteiger partial charge in [-0.25, -0.2) is 9.97 Å². The molecule has 0 bridgehead atoms. The first kappa shape index (κ1) is 13.1. The molecule has 4 nitrogen and oxygen atoms in total. The van der Waals surface area contributed by atoms with Gasteiger partial charge in [0.25, 0.3) is 0 Å². The van der Waals surface area contributed by atoms with Gasteiger partial charge in [0.1, 0.15) is 5.03 Å². The van der Waals surface area contributed by atoms with Crippen molar-refractivity contribution in [3.63, 3.8) is 0 Å². The van der Waals surface area contributed by atoms with Gasteiger partial charge in [-0.2, -0.15) is 0 Å². The molecule has 1 unspecified atom stereocenters. The Balaban J connectivity index is 1.97. The number of hydrogen-bond acceptors (Lipinski definition) is 4. The molecule has 0 saturated heterocycles. The van der Waals surface area contributed by atoms with Gasteiger partial charge >= 0.3 is 0 Å². The van der Waals surface area contributed by atoms with Crippen LogP contribution in [0, 0.1) is 6.92 Å². The third-order valence-corrected chi connectivity index (χ3v) is 4.02. The summed E-state index contributed by atoms with van der Waals surface area (Å²) < 4.78 is 0. The number of nitrogens with zero attached hydrogens (tertiary/aromatic N) is 2. The van der Waals surface area contributed by atoms with Gasteiger partial charge in [-0.1, -0.05) is 12.1 Å². The molecule has 0 fully saturated rings. The average molecular weight is 284 g/mol. The highest BCUT2D eigenvalue weighted by atomic mass is 32.2.